The fourth-order valence-corrected chi connectivity index (χ4v) is 2.80. The third-order valence-corrected chi connectivity index (χ3v) is 4.05. The SMILES string of the molecule is O=C1c2cc(COc3ncccc3F)nn2CCN1c1ccc(F)cc1. The molecule has 0 spiro atoms. The van der Waals surface area contributed by atoms with Crippen molar-refractivity contribution in [2.45, 2.75) is 13.2 Å². The molecule has 0 saturated carbocycles. The first-order valence-corrected chi connectivity index (χ1v) is 7.99. The van der Waals surface area contributed by atoms with E-state index in [1.165, 1.54) is 30.5 Å². The highest BCUT2D eigenvalue weighted by atomic mass is 19.1. The summed E-state index contributed by atoms with van der Waals surface area (Å²) in [5.74, 6) is -1.26. The van der Waals surface area contributed by atoms with Crippen LogP contribution in [-0.2, 0) is 13.2 Å². The van der Waals surface area contributed by atoms with E-state index in [1.807, 2.05) is 0 Å². The molecule has 2 aromatic heterocycles. The summed E-state index contributed by atoms with van der Waals surface area (Å²) in [6.45, 7) is 0.919. The molecule has 0 N–H and O–H groups in total. The maximum absolute atomic E-state index is 13.5. The third kappa shape index (κ3) is 3.01. The minimum atomic E-state index is -0.560. The summed E-state index contributed by atoms with van der Waals surface area (Å²) in [6, 6.07) is 10.1. The maximum Gasteiger partial charge on any atom is 0.276 e. The van der Waals surface area contributed by atoms with Gasteiger partial charge in [0, 0.05) is 18.4 Å². The van der Waals surface area contributed by atoms with Gasteiger partial charge in [-0.1, -0.05) is 0 Å². The van der Waals surface area contributed by atoms with Crippen LogP contribution in [0.25, 0.3) is 0 Å². The first-order valence-electron chi connectivity index (χ1n) is 7.99. The lowest BCUT2D eigenvalue weighted by Crippen LogP contribution is -2.40. The predicted molar refractivity (Wildman–Crippen MR) is 88.8 cm³/mol. The van der Waals surface area contributed by atoms with Crippen molar-refractivity contribution in [2.24, 2.45) is 0 Å². The van der Waals surface area contributed by atoms with Crippen LogP contribution in [-0.4, -0.2) is 27.2 Å². The highest BCUT2D eigenvalue weighted by Crippen LogP contribution is 2.22. The van der Waals surface area contributed by atoms with Crippen molar-refractivity contribution < 1.29 is 18.3 Å². The Morgan fingerprint density at radius 3 is 2.69 bits per heavy atom. The Balaban J connectivity index is 1.52. The molecule has 4 rings (SSSR count). The van der Waals surface area contributed by atoms with Crippen molar-refractivity contribution >= 4 is 11.6 Å². The lowest BCUT2D eigenvalue weighted by molar-refractivity contribution is 0.0962. The number of pyridine rings is 1. The number of aromatic nitrogens is 3. The van der Waals surface area contributed by atoms with Gasteiger partial charge in [-0.25, -0.2) is 13.8 Å². The molecule has 6 nitrogen and oxygen atoms in total. The van der Waals surface area contributed by atoms with Crippen LogP contribution in [0.2, 0.25) is 0 Å². The van der Waals surface area contributed by atoms with Crippen molar-refractivity contribution in [1.82, 2.24) is 14.8 Å². The van der Waals surface area contributed by atoms with Gasteiger partial charge in [-0.3, -0.25) is 9.48 Å². The van der Waals surface area contributed by atoms with Gasteiger partial charge in [-0.05, 0) is 42.5 Å². The van der Waals surface area contributed by atoms with Crippen LogP contribution < -0.4 is 9.64 Å². The molecule has 8 heteroatoms. The van der Waals surface area contributed by atoms with Crippen LogP contribution >= 0.6 is 0 Å². The number of hydrogen-bond acceptors (Lipinski definition) is 4. The summed E-state index contributed by atoms with van der Waals surface area (Å²) >= 11 is 0. The Morgan fingerprint density at radius 1 is 1.12 bits per heavy atom. The fourth-order valence-electron chi connectivity index (χ4n) is 2.80. The van der Waals surface area contributed by atoms with Crippen LogP contribution in [0.4, 0.5) is 14.5 Å². The quantitative estimate of drug-likeness (QED) is 0.721. The van der Waals surface area contributed by atoms with E-state index >= 15 is 0 Å². The number of benzene rings is 1. The lowest BCUT2D eigenvalue weighted by Gasteiger charge is -2.27. The first kappa shape index (κ1) is 16.2. The number of amides is 1. The van der Waals surface area contributed by atoms with Crippen LogP contribution in [0, 0.1) is 11.6 Å². The van der Waals surface area contributed by atoms with Gasteiger partial charge in [0.1, 0.15) is 23.8 Å². The van der Waals surface area contributed by atoms with Gasteiger partial charge in [-0.15, -0.1) is 0 Å². The summed E-state index contributed by atoms with van der Waals surface area (Å²) in [5.41, 5.74) is 1.53. The molecule has 132 valence electrons. The van der Waals surface area contributed by atoms with E-state index in [2.05, 4.69) is 10.1 Å². The Labute approximate surface area is 147 Å². The molecular weight excluding hydrogens is 342 g/mol. The van der Waals surface area contributed by atoms with Gasteiger partial charge < -0.3 is 9.64 Å². The molecule has 0 aliphatic carbocycles. The molecule has 1 aromatic carbocycles. The number of nitrogens with zero attached hydrogens (tertiary/aromatic N) is 4. The zero-order chi connectivity index (χ0) is 18.1. The van der Waals surface area contributed by atoms with E-state index in [-0.39, 0.29) is 24.2 Å². The molecule has 26 heavy (non-hydrogen) atoms. The van der Waals surface area contributed by atoms with Gasteiger partial charge in [0.15, 0.2) is 5.82 Å². The monoisotopic (exact) mass is 356 g/mol. The van der Waals surface area contributed by atoms with Crippen LogP contribution in [0.3, 0.4) is 0 Å². The smallest absolute Gasteiger partial charge is 0.276 e. The van der Waals surface area contributed by atoms with Crippen molar-refractivity contribution in [3.8, 4) is 5.88 Å². The second kappa shape index (κ2) is 6.55. The topological polar surface area (TPSA) is 60.2 Å². The van der Waals surface area contributed by atoms with Crippen LogP contribution in [0.5, 0.6) is 5.88 Å². The number of anilines is 1. The maximum atomic E-state index is 13.5. The zero-order valence-corrected chi connectivity index (χ0v) is 13.6. The minimum Gasteiger partial charge on any atom is -0.469 e. The lowest BCUT2D eigenvalue weighted by atomic mass is 10.2. The number of carbonyl (C=O) groups excluding carboxylic acids is 1. The van der Waals surface area contributed by atoms with Crippen LogP contribution in [0.15, 0.2) is 48.7 Å². The predicted octanol–water partition coefficient (Wildman–Crippen LogP) is 2.80. The number of hydrogen-bond donors (Lipinski definition) is 0. The summed E-state index contributed by atoms with van der Waals surface area (Å²) in [7, 11) is 0. The highest BCUT2D eigenvalue weighted by Gasteiger charge is 2.27. The molecule has 3 aromatic rings. The average molecular weight is 356 g/mol. The molecule has 0 radical (unpaired) electrons. The summed E-state index contributed by atoms with van der Waals surface area (Å²) in [5, 5.41) is 4.32. The average Bonchev–Trinajstić information content (AvgIpc) is 3.06. The molecule has 0 atom stereocenters. The van der Waals surface area contributed by atoms with Crippen molar-refractivity contribution in [1.29, 1.82) is 0 Å². The molecule has 1 aliphatic heterocycles. The fraction of sp³-hybridized carbons (Fsp3) is 0.167. The van der Waals surface area contributed by atoms with Crippen molar-refractivity contribution in [3.05, 3.63) is 71.7 Å². The van der Waals surface area contributed by atoms with E-state index in [0.717, 1.165) is 0 Å². The summed E-state index contributed by atoms with van der Waals surface area (Å²) in [6.07, 6.45) is 1.43. The van der Waals surface area contributed by atoms with E-state index in [9.17, 15) is 13.6 Å². The molecule has 0 unspecified atom stereocenters. The molecule has 0 bridgehead atoms. The minimum absolute atomic E-state index is 0.00222. The van der Waals surface area contributed by atoms with Crippen molar-refractivity contribution in [2.75, 3.05) is 11.4 Å². The van der Waals surface area contributed by atoms with E-state index in [0.29, 0.717) is 30.2 Å². The molecule has 0 fully saturated rings. The third-order valence-electron chi connectivity index (χ3n) is 4.05. The standard InChI is InChI=1S/C18H14F2N4O2/c19-12-3-5-14(6-4-12)23-8-9-24-16(18(23)25)10-13(22-24)11-26-17-15(20)2-1-7-21-17/h1-7,10H,8-9,11H2. The van der Waals surface area contributed by atoms with Gasteiger partial charge in [0.2, 0.25) is 0 Å². The largest absolute Gasteiger partial charge is 0.469 e. The Kier molecular flexibility index (Phi) is 4.08. The molecule has 1 amide bonds. The normalized spacial score (nSPS) is 13.6. The van der Waals surface area contributed by atoms with Crippen LogP contribution in [0.1, 0.15) is 16.2 Å². The van der Waals surface area contributed by atoms with Gasteiger partial charge in [0.05, 0.1) is 6.54 Å². The summed E-state index contributed by atoms with van der Waals surface area (Å²) in [4.78, 5) is 18.1. The molecule has 1 aliphatic rings. The van der Waals surface area contributed by atoms with E-state index < -0.39 is 5.82 Å². The van der Waals surface area contributed by atoms with E-state index in [1.54, 1.807) is 27.8 Å². The number of carbonyl (C=O) groups is 1. The second-order valence-electron chi connectivity index (χ2n) is 5.76. The van der Waals surface area contributed by atoms with E-state index in [4.69, 9.17) is 4.74 Å². The van der Waals surface area contributed by atoms with Gasteiger partial charge >= 0.3 is 0 Å². The number of halogens is 2. The molecule has 0 saturated heterocycles. The van der Waals surface area contributed by atoms with Gasteiger partial charge in [-0.2, -0.15) is 5.10 Å². The second-order valence-corrected chi connectivity index (χ2v) is 5.76. The first-order chi connectivity index (χ1) is 12.6. The van der Waals surface area contributed by atoms with Crippen molar-refractivity contribution in [3.63, 3.8) is 0 Å². The zero-order valence-electron chi connectivity index (χ0n) is 13.6. The number of rotatable bonds is 4. The van der Waals surface area contributed by atoms with Gasteiger partial charge in [0.25, 0.3) is 11.8 Å². The highest BCUT2D eigenvalue weighted by molar-refractivity contribution is 6.05. The number of fused-ring (bicyclic) bond motifs is 1. The molecular formula is C18H14F2N4O2. The summed E-state index contributed by atoms with van der Waals surface area (Å²) < 4.78 is 33.6. The Bertz CT molecular complexity index is 956. The Morgan fingerprint density at radius 2 is 1.92 bits per heavy atom. The molecule has 3 heterocycles. The Hall–Kier alpha value is -3.29. The number of ether oxygens (including phenoxy) is 1.